The number of carbonyl (C=O) groups is 1. The Labute approximate surface area is 167 Å². The lowest BCUT2D eigenvalue weighted by molar-refractivity contribution is -0.383. The fraction of sp³-hybridized carbons (Fsp3) is 0.294. The number of hydrogen-bond donors (Lipinski definition) is 1. The Hall–Kier alpha value is -3.08. The summed E-state index contributed by atoms with van der Waals surface area (Å²) in [5, 5.41) is 10.9. The Kier molecular flexibility index (Phi) is 5.51. The molecule has 0 unspecified atom stereocenters. The minimum absolute atomic E-state index is 0.0422. The Morgan fingerprint density at radius 1 is 1.21 bits per heavy atom. The third-order valence-corrected chi connectivity index (χ3v) is 4.77. The molecule has 1 aromatic carbocycles. The summed E-state index contributed by atoms with van der Waals surface area (Å²) in [6, 6.07) is 4.64. The number of alkyl halides is 3. The van der Waals surface area contributed by atoms with Crippen molar-refractivity contribution in [2.24, 2.45) is 0 Å². The molecule has 2 N–H and O–H groups in total. The van der Waals surface area contributed by atoms with Crippen molar-refractivity contribution in [3.8, 4) is 0 Å². The van der Waals surface area contributed by atoms with E-state index in [4.69, 9.17) is 17.3 Å². The number of carbonyl (C=O) groups excluding carboxylic acids is 1. The number of halogens is 4. The molecule has 0 atom stereocenters. The molecule has 0 radical (unpaired) electrons. The zero-order valence-electron chi connectivity index (χ0n) is 14.8. The van der Waals surface area contributed by atoms with Gasteiger partial charge in [-0.15, -0.1) is 0 Å². The summed E-state index contributed by atoms with van der Waals surface area (Å²) in [4.78, 5) is 29.9. The lowest BCUT2D eigenvalue weighted by atomic mass is 10.1. The van der Waals surface area contributed by atoms with Gasteiger partial charge in [0.25, 0.3) is 11.6 Å². The van der Waals surface area contributed by atoms with Crippen molar-refractivity contribution in [3.05, 3.63) is 56.7 Å². The van der Waals surface area contributed by atoms with Gasteiger partial charge in [0.15, 0.2) is 0 Å². The van der Waals surface area contributed by atoms with Gasteiger partial charge in [0.2, 0.25) is 0 Å². The summed E-state index contributed by atoms with van der Waals surface area (Å²) >= 11 is 5.97. The van der Waals surface area contributed by atoms with E-state index >= 15 is 0 Å². The van der Waals surface area contributed by atoms with Crippen LogP contribution in [0.5, 0.6) is 0 Å². The normalized spacial score (nSPS) is 14.8. The summed E-state index contributed by atoms with van der Waals surface area (Å²) in [5.74, 6) is -0.200. The average molecular weight is 430 g/mol. The van der Waals surface area contributed by atoms with Crippen molar-refractivity contribution < 1.29 is 22.9 Å². The van der Waals surface area contributed by atoms with Crippen LogP contribution in [0.4, 0.5) is 30.4 Å². The molecule has 8 nitrogen and oxygen atoms in total. The Balaban J connectivity index is 1.70. The molecule has 0 spiro atoms. The van der Waals surface area contributed by atoms with Gasteiger partial charge in [-0.2, -0.15) is 13.2 Å². The standard InChI is InChI=1S/C17H15ClF3N5O3/c18-12-8-11(17(19,20)21)9-23-15(12)24-3-5-25(6-4-24)16(27)10-1-2-13(22)14(7-10)26(28)29/h1-2,7-9H,3-6,22H2. The highest BCUT2D eigenvalue weighted by atomic mass is 35.5. The Morgan fingerprint density at radius 3 is 2.41 bits per heavy atom. The van der Waals surface area contributed by atoms with Crippen molar-refractivity contribution in [2.75, 3.05) is 36.8 Å². The van der Waals surface area contributed by atoms with Gasteiger partial charge >= 0.3 is 6.18 Å². The first-order valence-corrected chi connectivity index (χ1v) is 8.76. The zero-order chi connectivity index (χ0) is 21.3. The third-order valence-electron chi connectivity index (χ3n) is 4.49. The SMILES string of the molecule is Nc1ccc(C(=O)N2CCN(c3ncc(C(F)(F)F)cc3Cl)CC2)cc1[N+](=O)[O-]. The van der Waals surface area contributed by atoms with Crippen LogP contribution in [0.3, 0.4) is 0 Å². The number of nitrogens with zero attached hydrogens (tertiary/aromatic N) is 4. The summed E-state index contributed by atoms with van der Waals surface area (Å²) in [6.07, 6.45) is -3.83. The number of pyridine rings is 1. The van der Waals surface area contributed by atoms with Crippen molar-refractivity contribution in [1.29, 1.82) is 0 Å². The molecular weight excluding hydrogens is 415 g/mol. The first kappa shape index (κ1) is 20.6. The first-order valence-electron chi connectivity index (χ1n) is 8.39. The van der Waals surface area contributed by atoms with Crippen LogP contribution in [-0.2, 0) is 6.18 Å². The maximum Gasteiger partial charge on any atom is 0.417 e. The number of nitrogen functional groups attached to an aromatic ring is 1. The number of nitro benzene ring substituents is 1. The maximum atomic E-state index is 12.7. The number of aromatic nitrogens is 1. The van der Waals surface area contributed by atoms with Crippen molar-refractivity contribution in [2.45, 2.75) is 6.18 Å². The molecule has 0 saturated carbocycles. The molecule has 29 heavy (non-hydrogen) atoms. The molecule has 1 fully saturated rings. The van der Waals surface area contributed by atoms with Crippen molar-refractivity contribution in [3.63, 3.8) is 0 Å². The highest BCUT2D eigenvalue weighted by molar-refractivity contribution is 6.33. The van der Waals surface area contributed by atoms with Gasteiger partial charge < -0.3 is 15.5 Å². The molecule has 2 heterocycles. The summed E-state index contributed by atoms with van der Waals surface area (Å²) in [6.45, 7) is 1.08. The molecule has 1 aliphatic rings. The minimum atomic E-state index is -4.54. The quantitative estimate of drug-likeness (QED) is 0.456. The summed E-state index contributed by atoms with van der Waals surface area (Å²) in [7, 11) is 0. The molecule has 1 aliphatic heterocycles. The van der Waals surface area contributed by atoms with Crippen LogP contribution in [0.2, 0.25) is 5.02 Å². The molecule has 0 aliphatic carbocycles. The van der Waals surface area contributed by atoms with Crippen LogP contribution in [0.1, 0.15) is 15.9 Å². The number of hydrogen-bond acceptors (Lipinski definition) is 6. The minimum Gasteiger partial charge on any atom is -0.393 e. The van der Waals surface area contributed by atoms with Gasteiger partial charge in [-0.05, 0) is 18.2 Å². The Morgan fingerprint density at radius 2 is 1.86 bits per heavy atom. The molecule has 3 rings (SSSR count). The number of anilines is 2. The number of piperazine rings is 1. The van der Waals surface area contributed by atoms with Gasteiger partial charge in [0.05, 0.1) is 15.5 Å². The van der Waals surface area contributed by atoms with Gasteiger partial charge in [-0.1, -0.05) is 11.6 Å². The van der Waals surface area contributed by atoms with Gasteiger partial charge in [-0.3, -0.25) is 14.9 Å². The van der Waals surface area contributed by atoms with Crippen LogP contribution >= 0.6 is 11.6 Å². The van der Waals surface area contributed by atoms with Crippen LogP contribution in [0, 0.1) is 10.1 Å². The van der Waals surface area contributed by atoms with E-state index in [1.54, 1.807) is 4.90 Å². The predicted octanol–water partition coefficient (Wildman–Crippen LogP) is 3.21. The van der Waals surface area contributed by atoms with Gasteiger partial charge in [0, 0.05) is 44.0 Å². The third kappa shape index (κ3) is 4.34. The highest BCUT2D eigenvalue weighted by Crippen LogP contribution is 2.34. The molecule has 1 aromatic heterocycles. The smallest absolute Gasteiger partial charge is 0.393 e. The number of rotatable bonds is 3. The second-order valence-corrected chi connectivity index (χ2v) is 6.74. The summed E-state index contributed by atoms with van der Waals surface area (Å²) < 4.78 is 38.2. The Bertz CT molecular complexity index is 962. The molecule has 1 saturated heterocycles. The lowest BCUT2D eigenvalue weighted by Crippen LogP contribution is -2.49. The van der Waals surface area contributed by atoms with E-state index in [0.717, 1.165) is 12.1 Å². The topological polar surface area (TPSA) is 106 Å². The molecule has 2 aromatic rings. The van der Waals surface area contributed by atoms with Crippen molar-refractivity contribution in [1.82, 2.24) is 9.88 Å². The van der Waals surface area contributed by atoms with E-state index in [-0.39, 0.29) is 40.9 Å². The van der Waals surface area contributed by atoms with Gasteiger partial charge in [0.1, 0.15) is 11.5 Å². The second-order valence-electron chi connectivity index (χ2n) is 6.34. The largest absolute Gasteiger partial charge is 0.417 e. The van der Waals surface area contributed by atoms with Crippen LogP contribution in [-0.4, -0.2) is 46.9 Å². The number of nitrogens with two attached hydrogens (primary N) is 1. The predicted molar refractivity (Wildman–Crippen MR) is 99.9 cm³/mol. The van der Waals surface area contributed by atoms with Crippen LogP contribution in [0.15, 0.2) is 30.5 Å². The maximum absolute atomic E-state index is 12.7. The van der Waals surface area contributed by atoms with E-state index in [2.05, 4.69) is 4.98 Å². The highest BCUT2D eigenvalue weighted by Gasteiger charge is 2.32. The second kappa shape index (κ2) is 7.74. The van der Waals surface area contributed by atoms with E-state index in [9.17, 15) is 28.1 Å². The average Bonchev–Trinajstić information content (AvgIpc) is 2.67. The summed E-state index contributed by atoms with van der Waals surface area (Å²) in [5.41, 5.74) is 4.34. The first-order chi connectivity index (χ1) is 13.6. The molecule has 0 bridgehead atoms. The van der Waals surface area contributed by atoms with Crippen molar-refractivity contribution >= 4 is 34.7 Å². The number of nitro groups is 1. The zero-order valence-corrected chi connectivity index (χ0v) is 15.6. The molecule has 1 amide bonds. The number of benzene rings is 1. The fourth-order valence-corrected chi connectivity index (χ4v) is 3.24. The van der Waals surface area contributed by atoms with Crippen LogP contribution < -0.4 is 10.6 Å². The monoisotopic (exact) mass is 429 g/mol. The van der Waals surface area contributed by atoms with E-state index in [1.165, 1.54) is 17.0 Å². The number of amides is 1. The van der Waals surface area contributed by atoms with E-state index in [1.807, 2.05) is 0 Å². The van der Waals surface area contributed by atoms with Crippen LogP contribution in [0.25, 0.3) is 0 Å². The van der Waals surface area contributed by atoms with E-state index < -0.39 is 22.6 Å². The molecule has 12 heteroatoms. The molecular formula is C17H15ClF3N5O3. The lowest BCUT2D eigenvalue weighted by Gasteiger charge is -2.35. The molecule has 154 valence electrons. The van der Waals surface area contributed by atoms with E-state index in [0.29, 0.717) is 19.3 Å². The van der Waals surface area contributed by atoms with Gasteiger partial charge in [-0.25, -0.2) is 4.98 Å². The fourth-order valence-electron chi connectivity index (χ4n) is 2.96.